The fourth-order valence-corrected chi connectivity index (χ4v) is 3.38. The highest BCUT2D eigenvalue weighted by molar-refractivity contribution is 5.95. The van der Waals surface area contributed by atoms with Gasteiger partial charge in [-0.05, 0) is 61.1 Å². The summed E-state index contributed by atoms with van der Waals surface area (Å²) in [7, 11) is 0. The number of carbonyl (C=O) groups excluding carboxylic acids is 4. The lowest BCUT2D eigenvalue weighted by molar-refractivity contribution is -0.147. The van der Waals surface area contributed by atoms with Gasteiger partial charge < -0.3 is 20.1 Å². The first-order valence-corrected chi connectivity index (χ1v) is 12.0. The van der Waals surface area contributed by atoms with Gasteiger partial charge in [-0.15, -0.1) is 0 Å². The van der Waals surface area contributed by atoms with Crippen molar-refractivity contribution in [3.05, 3.63) is 59.2 Å². The van der Waals surface area contributed by atoms with Crippen LogP contribution in [0.15, 0.2) is 42.5 Å². The molecule has 0 heterocycles. The van der Waals surface area contributed by atoms with E-state index in [1.54, 1.807) is 24.3 Å². The van der Waals surface area contributed by atoms with Crippen LogP contribution in [-0.2, 0) is 36.7 Å². The Morgan fingerprint density at radius 3 is 2.03 bits per heavy atom. The smallest absolute Gasteiger partial charge is 0.338 e. The van der Waals surface area contributed by atoms with Crippen molar-refractivity contribution >= 4 is 35.1 Å². The zero-order chi connectivity index (χ0) is 25.6. The summed E-state index contributed by atoms with van der Waals surface area (Å²) in [6, 6.07) is 12.3. The molecule has 188 valence electrons. The van der Waals surface area contributed by atoms with Gasteiger partial charge in [0.25, 0.3) is 5.91 Å². The molecule has 0 bridgehead atoms. The fourth-order valence-electron chi connectivity index (χ4n) is 3.38. The number of esters is 2. The van der Waals surface area contributed by atoms with Gasteiger partial charge in [-0.2, -0.15) is 0 Å². The summed E-state index contributed by atoms with van der Waals surface area (Å²) < 4.78 is 10.1. The van der Waals surface area contributed by atoms with Gasteiger partial charge in [0.1, 0.15) is 0 Å². The van der Waals surface area contributed by atoms with Crippen molar-refractivity contribution in [3.63, 3.8) is 0 Å². The van der Waals surface area contributed by atoms with Crippen molar-refractivity contribution in [1.29, 1.82) is 0 Å². The van der Waals surface area contributed by atoms with Gasteiger partial charge in [-0.3, -0.25) is 14.4 Å². The van der Waals surface area contributed by atoms with Gasteiger partial charge in [0, 0.05) is 24.2 Å². The zero-order valence-electron chi connectivity index (χ0n) is 20.6. The van der Waals surface area contributed by atoms with Crippen molar-refractivity contribution in [2.75, 3.05) is 23.8 Å². The number of hydrogen-bond donors (Lipinski definition) is 2. The Balaban J connectivity index is 1.70. The zero-order valence-corrected chi connectivity index (χ0v) is 20.6. The molecule has 0 saturated heterocycles. The number of anilines is 2. The van der Waals surface area contributed by atoms with E-state index in [4.69, 9.17) is 9.47 Å². The summed E-state index contributed by atoms with van der Waals surface area (Å²) in [4.78, 5) is 48.2. The second kappa shape index (κ2) is 14.6. The molecule has 0 spiro atoms. The molecule has 0 fully saturated rings. The second-order valence-corrected chi connectivity index (χ2v) is 7.98. The van der Waals surface area contributed by atoms with Crippen LogP contribution in [0.5, 0.6) is 0 Å². The molecule has 2 aromatic carbocycles. The third-order valence-corrected chi connectivity index (χ3v) is 5.25. The van der Waals surface area contributed by atoms with Crippen molar-refractivity contribution in [2.24, 2.45) is 0 Å². The van der Waals surface area contributed by atoms with Crippen LogP contribution in [0.3, 0.4) is 0 Å². The van der Waals surface area contributed by atoms with E-state index in [-0.39, 0.29) is 31.8 Å². The van der Waals surface area contributed by atoms with E-state index in [0.29, 0.717) is 17.9 Å². The Morgan fingerprint density at radius 1 is 0.771 bits per heavy atom. The quantitative estimate of drug-likeness (QED) is 0.402. The molecule has 8 heteroatoms. The summed E-state index contributed by atoms with van der Waals surface area (Å²) in [5.74, 6) is -1.60. The maximum absolute atomic E-state index is 12.3. The molecule has 0 aromatic heterocycles. The van der Waals surface area contributed by atoms with Crippen LogP contribution in [0.4, 0.5) is 11.4 Å². The third-order valence-electron chi connectivity index (χ3n) is 5.25. The molecule has 35 heavy (non-hydrogen) atoms. The summed E-state index contributed by atoms with van der Waals surface area (Å²) >= 11 is 0. The number of para-hydroxylation sites is 1. The second-order valence-electron chi connectivity index (χ2n) is 7.98. The third kappa shape index (κ3) is 9.23. The van der Waals surface area contributed by atoms with Gasteiger partial charge in [0.15, 0.2) is 6.61 Å². The molecular weight excluding hydrogens is 448 g/mol. The van der Waals surface area contributed by atoms with Crippen molar-refractivity contribution < 1.29 is 28.7 Å². The van der Waals surface area contributed by atoms with Gasteiger partial charge in [0.2, 0.25) is 5.91 Å². The summed E-state index contributed by atoms with van der Waals surface area (Å²) in [6.45, 7) is 5.93. The molecule has 0 atom stereocenters. The first kappa shape index (κ1) is 27.6. The number of benzene rings is 2. The molecule has 0 aliphatic rings. The Morgan fingerprint density at radius 2 is 1.43 bits per heavy atom. The molecule has 0 radical (unpaired) electrons. The van der Waals surface area contributed by atoms with Crippen LogP contribution < -0.4 is 10.6 Å². The first-order chi connectivity index (χ1) is 16.9. The van der Waals surface area contributed by atoms with Gasteiger partial charge in [-0.1, -0.05) is 39.0 Å². The number of amides is 2. The predicted molar refractivity (Wildman–Crippen MR) is 134 cm³/mol. The summed E-state index contributed by atoms with van der Waals surface area (Å²) in [5.41, 5.74) is 3.79. The van der Waals surface area contributed by atoms with E-state index < -0.39 is 17.8 Å². The summed E-state index contributed by atoms with van der Waals surface area (Å²) in [5, 5.41) is 5.57. The average molecular weight is 483 g/mol. The maximum atomic E-state index is 12.3. The number of nitrogens with one attached hydrogen (secondary N) is 2. The number of aryl methyl sites for hydroxylation is 2. The van der Waals surface area contributed by atoms with Gasteiger partial charge in [0.05, 0.1) is 12.2 Å². The lowest BCUT2D eigenvalue weighted by Gasteiger charge is -2.14. The highest BCUT2D eigenvalue weighted by Crippen LogP contribution is 2.22. The van der Waals surface area contributed by atoms with Gasteiger partial charge in [-0.25, -0.2) is 4.79 Å². The molecule has 2 rings (SSSR count). The van der Waals surface area contributed by atoms with Crippen LogP contribution in [0.25, 0.3) is 0 Å². The number of carbonyl (C=O) groups is 4. The topological polar surface area (TPSA) is 111 Å². The van der Waals surface area contributed by atoms with Crippen LogP contribution >= 0.6 is 0 Å². The molecule has 0 saturated carbocycles. The number of rotatable bonds is 13. The normalized spacial score (nSPS) is 10.4. The lowest BCUT2D eigenvalue weighted by Crippen LogP contribution is -2.22. The summed E-state index contributed by atoms with van der Waals surface area (Å²) in [6.07, 6.45) is 2.72. The largest absolute Gasteiger partial charge is 0.462 e. The molecule has 2 N–H and O–H groups in total. The predicted octanol–water partition coefficient (Wildman–Crippen LogP) is 4.67. The van der Waals surface area contributed by atoms with Crippen molar-refractivity contribution in [3.8, 4) is 0 Å². The molecule has 0 aliphatic heterocycles. The van der Waals surface area contributed by atoms with Crippen LogP contribution in [0.1, 0.15) is 67.9 Å². The number of ether oxygens (including phenoxy) is 2. The van der Waals surface area contributed by atoms with Crippen LogP contribution in [0, 0.1) is 0 Å². The Kier molecular flexibility index (Phi) is 11.5. The monoisotopic (exact) mass is 482 g/mol. The molecule has 2 amide bonds. The Hall–Kier alpha value is -3.68. The fraction of sp³-hybridized carbons (Fsp3) is 0.407. The van der Waals surface area contributed by atoms with E-state index in [0.717, 1.165) is 36.1 Å². The molecule has 2 aromatic rings. The van der Waals surface area contributed by atoms with Crippen molar-refractivity contribution in [1.82, 2.24) is 0 Å². The van der Waals surface area contributed by atoms with Crippen LogP contribution in [0.2, 0.25) is 0 Å². The Bertz CT molecular complexity index is 995. The minimum Gasteiger partial charge on any atom is -0.462 e. The SMILES string of the molecule is CCCOC(=O)c1ccc(NC(=O)CCCC(=O)OCC(=O)Nc2c(CC)cccc2CC)cc1. The average Bonchev–Trinajstić information content (AvgIpc) is 2.86. The van der Waals surface area contributed by atoms with E-state index >= 15 is 0 Å². The highest BCUT2D eigenvalue weighted by atomic mass is 16.5. The van der Waals surface area contributed by atoms with E-state index in [1.807, 2.05) is 39.0 Å². The highest BCUT2D eigenvalue weighted by Gasteiger charge is 2.13. The van der Waals surface area contributed by atoms with E-state index in [1.165, 1.54) is 0 Å². The minimum absolute atomic E-state index is 0.0225. The first-order valence-electron chi connectivity index (χ1n) is 12.0. The molecular formula is C27H34N2O6. The maximum Gasteiger partial charge on any atom is 0.338 e. The van der Waals surface area contributed by atoms with Gasteiger partial charge >= 0.3 is 11.9 Å². The molecule has 0 unspecified atom stereocenters. The standard InChI is InChI=1S/C27H34N2O6/c1-4-17-34-27(33)21-13-15-22(16-14-21)28-23(30)11-8-12-25(32)35-18-24(31)29-26-19(5-2)9-7-10-20(26)6-3/h7,9-10,13-16H,4-6,8,11-12,17-18H2,1-3H3,(H,28,30)(H,29,31). The molecule has 8 nitrogen and oxygen atoms in total. The molecule has 0 aliphatic carbocycles. The lowest BCUT2D eigenvalue weighted by atomic mass is 10.0. The van der Waals surface area contributed by atoms with Crippen LogP contribution in [-0.4, -0.2) is 37.0 Å². The van der Waals surface area contributed by atoms with E-state index in [9.17, 15) is 19.2 Å². The van der Waals surface area contributed by atoms with E-state index in [2.05, 4.69) is 10.6 Å². The Labute approximate surface area is 206 Å². The van der Waals surface area contributed by atoms with Crippen molar-refractivity contribution in [2.45, 2.75) is 59.3 Å². The number of hydrogen-bond acceptors (Lipinski definition) is 6. The minimum atomic E-state index is -0.539.